The van der Waals surface area contributed by atoms with Crippen LogP contribution in [0.25, 0.3) is 0 Å². The Bertz CT molecular complexity index is 928. The zero-order valence-corrected chi connectivity index (χ0v) is 17.6. The smallest absolute Gasteiger partial charge is 0.250 e. The highest BCUT2D eigenvalue weighted by Gasteiger charge is 2.41. The number of carbonyl (C=O) groups is 3. The molecule has 1 atom stereocenters. The van der Waals surface area contributed by atoms with E-state index >= 15 is 0 Å². The molecular weight excluding hydrogens is 398 g/mol. The number of anilines is 1. The van der Waals surface area contributed by atoms with E-state index in [1.165, 1.54) is 16.7 Å². The molecule has 1 saturated heterocycles. The Kier molecular flexibility index (Phi) is 6.38. The summed E-state index contributed by atoms with van der Waals surface area (Å²) in [6, 6.07) is 17.4. The fraction of sp³-hybridized carbons (Fsp3) is 0.348. The van der Waals surface area contributed by atoms with Crippen LogP contribution in [0, 0.1) is 0 Å². The predicted octanol–water partition coefficient (Wildman–Crippen LogP) is 2.48. The molecule has 4 rings (SSSR count). The van der Waals surface area contributed by atoms with E-state index in [1.54, 1.807) is 4.90 Å². The van der Waals surface area contributed by atoms with Crippen molar-refractivity contribution in [1.82, 2.24) is 10.2 Å². The Labute approximate surface area is 180 Å². The van der Waals surface area contributed by atoms with Crippen LogP contribution in [0.15, 0.2) is 59.5 Å². The van der Waals surface area contributed by atoms with Crippen LogP contribution >= 0.6 is 11.8 Å². The monoisotopic (exact) mass is 423 g/mol. The van der Waals surface area contributed by atoms with E-state index in [0.29, 0.717) is 25.3 Å². The van der Waals surface area contributed by atoms with Crippen LogP contribution in [0.5, 0.6) is 0 Å². The highest BCUT2D eigenvalue weighted by molar-refractivity contribution is 8.01. The van der Waals surface area contributed by atoms with Crippen LogP contribution < -0.4 is 10.2 Å². The maximum absolute atomic E-state index is 13.2. The molecule has 0 unspecified atom stereocenters. The minimum absolute atomic E-state index is 0.0883. The molecule has 7 heteroatoms. The first-order valence-corrected chi connectivity index (χ1v) is 11.2. The fourth-order valence-electron chi connectivity index (χ4n) is 3.83. The molecular formula is C23H25N3O3S. The first kappa shape index (κ1) is 20.5. The molecule has 0 aromatic heterocycles. The van der Waals surface area contributed by atoms with Gasteiger partial charge in [-0.3, -0.25) is 14.4 Å². The largest absolute Gasteiger partial charge is 0.354 e. The molecule has 0 saturated carbocycles. The first-order valence-electron chi connectivity index (χ1n) is 10.3. The molecule has 2 aromatic carbocycles. The standard InChI is InChI=1S/C23H25N3O3S/c27-20(24-13-12-17-8-2-1-3-9-17)16-26-18-10-4-5-11-19(18)30-21(23(26)29)22(28)25-14-6-7-15-25/h1-5,8-11,21H,6-7,12-16H2,(H,24,27)/t21-/m0/s1. The Morgan fingerprint density at radius 3 is 2.47 bits per heavy atom. The molecule has 156 valence electrons. The lowest BCUT2D eigenvalue weighted by atomic mass is 10.1. The number of fused-ring (bicyclic) bond motifs is 1. The highest BCUT2D eigenvalue weighted by atomic mass is 32.2. The summed E-state index contributed by atoms with van der Waals surface area (Å²) in [6.07, 6.45) is 2.67. The van der Waals surface area contributed by atoms with Crippen LogP contribution in [0.3, 0.4) is 0 Å². The molecule has 0 spiro atoms. The van der Waals surface area contributed by atoms with Crippen molar-refractivity contribution in [3.63, 3.8) is 0 Å². The third-order valence-electron chi connectivity index (χ3n) is 5.41. The number of nitrogens with one attached hydrogen (secondary N) is 1. The summed E-state index contributed by atoms with van der Waals surface area (Å²) in [4.78, 5) is 42.8. The average molecular weight is 424 g/mol. The Morgan fingerprint density at radius 1 is 1.00 bits per heavy atom. The number of thioether (sulfide) groups is 1. The molecule has 2 aliphatic heterocycles. The molecule has 30 heavy (non-hydrogen) atoms. The quantitative estimate of drug-likeness (QED) is 0.725. The van der Waals surface area contributed by atoms with Crippen molar-refractivity contribution in [2.45, 2.75) is 29.4 Å². The molecule has 6 nitrogen and oxygen atoms in total. The molecule has 0 radical (unpaired) electrons. The summed E-state index contributed by atoms with van der Waals surface area (Å²) in [5, 5.41) is 2.07. The van der Waals surface area contributed by atoms with E-state index in [9.17, 15) is 14.4 Å². The Balaban J connectivity index is 1.44. The molecule has 1 fully saturated rings. The van der Waals surface area contributed by atoms with Gasteiger partial charge in [0.15, 0.2) is 5.25 Å². The summed E-state index contributed by atoms with van der Waals surface area (Å²) < 4.78 is 0. The number of carbonyl (C=O) groups excluding carboxylic acids is 3. The van der Waals surface area contributed by atoms with E-state index in [4.69, 9.17) is 0 Å². The molecule has 2 heterocycles. The summed E-state index contributed by atoms with van der Waals surface area (Å²) in [7, 11) is 0. The van der Waals surface area contributed by atoms with Gasteiger partial charge in [-0.05, 0) is 37.0 Å². The van der Waals surface area contributed by atoms with Crippen LogP contribution in [0.1, 0.15) is 18.4 Å². The Hall–Kier alpha value is -2.80. The third-order valence-corrected chi connectivity index (χ3v) is 6.65. The second-order valence-electron chi connectivity index (χ2n) is 7.51. The lowest BCUT2D eigenvalue weighted by Crippen LogP contribution is -2.51. The van der Waals surface area contributed by atoms with Gasteiger partial charge in [0.1, 0.15) is 6.54 Å². The number of hydrogen-bond donors (Lipinski definition) is 1. The maximum Gasteiger partial charge on any atom is 0.250 e. The number of rotatable bonds is 6. The number of para-hydroxylation sites is 1. The maximum atomic E-state index is 13.2. The van der Waals surface area contributed by atoms with E-state index in [0.717, 1.165) is 29.7 Å². The predicted molar refractivity (Wildman–Crippen MR) is 117 cm³/mol. The summed E-state index contributed by atoms with van der Waals surface area (Å²) in [5.74, 6) is -0.686. The number of hydrogen-bond acceptors (Lipinski definition) is 4. The van der Waals surface area contributed by atoms with Crippen LogP contribution in [0.4, 0.5) is 5.69 Å². The minimum atomic E-state index is -0.824. The number of likely N-dealkylation sites (tertiary alicyclic amines) is 1. The second-order valence-corrected chi connectivity index (χ2v) is 8.65. The van der Waals surface area contributed by atoms with Crippen molar-refractivity contribution < 1.29 is 14.4 Å². The normalized spacial score (nSPS) is 18.3. The SMILES string of the molecule is O=C(CN1C(=O)[C@H](C(=O)N2CCCC2)Sc2ccccc21)NCCc1ccccc1. The van der Waals surface area contributed by atoms with E-state index < -0.39 is 5.25 Å². The topological polar surface area (TPSA) is 69.7 Å². The van der Waals surface area contributed by atoms with Gasteiger partial charge in [0, 0.05) is 24.5 Å². The van der Waals surface area contributed by atoms with Gasteiger partial charge in [-0.2, -0.15) is 0 Å². The lowest BCUT2D eigenvalue weighted by molar-refractivity contribution is -0.134. The van der Waals surface area contributed by atoms with Gasteiger partial charge in [0.05, 0.1) is 5.69 Å². The number of benzene rings is 2. The van der Waals surface area contributed by atoms with Gasteiger partial charge in [0.25, 0.3) is 5.91 Å². The van der Waals surface area contributed by atoms with Crippen molar-refractivity contribution in [3.05, 3.63) is 60.2 Å². The summed E-state index contributed by atoms with van der Waals surface area (Å²) in [5.41, 5.74) is 1.83. The van der Waals surface area contributed by atoms with Crippen molar-refractivity contribution in [1.29, 1.82) is 0 Å². The molecule has 2 aromatic rings. The van der Waals surface area contributed by atoms with Crippen molar-refractivity contribution >= 4 is 35.2 Å². The van der Waals surface area contributed by atoms with Gasteiger partial charge < -0.3 is 15.1 Å². The molecule has 3 amide bonds. The lowest BCUT2D eigenvalue weighted by Gasteiger charge is -2.34. The van der Waals surface area contributed by atoms with Crippen molar-refractivity contribution in [2.75, 3.05) is 31.1 Å². The average Bonchev–Trinajstić information content (AvgIpc) is 3.31. The van der Waals surface area contributed by atoms with Gasteiger partial charge in [-0.25, -0.2) is 0 Å². The van der Waals surface area contributed by atoms with E-state index in [-0.39, 0.29) is 24.3 Å². The van der Waals surface area contributed by atoms with Gasteiger partial charge in [-0.15, -0.1) is 11.8 Å². The van der Waals surface area contributed by atoms with Crippen LogP contribution in [-0.2, 0) is 20.8 Å². The van der Waals surface area contributed by atoms with E-state index in [1.807, 2.05) is 54.6 Å². The second kappa shape index (κ2) is 9.34. The van der Waals surface area contributed by atoms with E-state index in [2.05, 4.69) is 5.32 Å². The fourth-order valence-corrected chi connectivity index (χ4v) is 5.02. The molecule has 0 bridgehead atoms. The van der Waals surface area contributed by atoms with Crippen LogP contribution in [0.2, 0.25) is 0 Å². The van der Waals surface area contributed by atoms with Crippen LogP contribution in [-0.4, -0.2) is 54.1 Å². The minimum Gasteiger partial charge on any atom is -0.354 e. The molecule has 2 aliphatic rings. The van der Waals surface area contributed by atoms with Crippen molar-refractivity contribution in [2.24, 2.45) is 0 Å². The van der Waals surface area contributed by atoms with Gasteiger partial charge in [0.2, 0.25) is 11.8 Å². The van der Waals surface area contributed by atoms with Gasteiger partial charge in [-0.1, -0.05) is 42.5 Å². The molecule has 0 aliphatic carbocycles. The highest BCUT2D eigenvalue weighted by Crippen LogP contribution is 2.39. The first-order chi connectivity index (χ1) is 14.6. The van der Waals surface area contributed by atoms with Gasteiger partial charge >= 0.3 is 0 Å². The van der Waals surface area contributed by atoms with Crippen molar-refractivity contribution in [3.8, 4) is 0 Å². The summed E-state index contributed by atoms with van der Waals surface area (Å²) >= 11 is 1.29. The zero-order chi connectivity index (χ0) is 20.9. The number of nitrogens with zero attached hydrogens (tertiary/aromatic N) is 2. The Morgan fingerprint density at radius 2 is 1.70 bits per heavy atom. The third kappa shape index (κ3) is 4.51. The molecule has 1 N–H and O–H groups in total. The zero-order valence-electron chi connectivity index (χ0n) is 16.8. The summed E-state index contributed by atoms with van der Waals surface area (Å²) in [6.45, 7) is 1.81. The number of amides is 3.